The minimum atomic E-state index is -3.49. The lowest BCUT2D eigenvalue weighted by molar-refractivity contribution is -0.127. The SMILES string of the molecule is CC(=O)N1CC[C@@]2(C1)[C@H](O)CN(C)S2(=O)=O. The standard InChI is InChI=1S/C9H16N2O4S/c1-7(12)11-4-3-9(6-11)8(13)5-10(2)16(9,14)15/h8,13H,3-6H2,1-2H3/t8-,9-/m1/s1. The Balaban J connectivity index is 2.37. The second-order valence-corrected chi connectivity index (χ2v) is 6.94. The number of amides is 1. The van der Waals surface area contributed by atoms with Crippen LogP contribution < -0.4 is 0 Å². The van der Waals surface area contributed by atoms with Crippen LogP contribution in [0, 0.1) is 0 Å². The number of β-amino-alcohol motifs (C(OH)–C–C–N with tert-alkyl or cyclic N) is 1. The Morgan fingerprint density at radius 3 is 2.50 bits per heavy atom. The fourth-order valence-corrected chi connectivity index (χ4v) is 4.59. The Hall–Kier alpha value is -0.660. The Morgan fingerprint density at radius 1 is 1.50 bits per heavy atom. The first-order valence-electron chi connectivity index (χ1n) is 5.21. The maximum Gasteiger partial charge on any atom is 0.224 e. The summed E-state index contributed by atoms with van der Waals surface area (Å²) in [6.07, 6.45) is -0.590. The molecule has 2 rings (SSSR count). The van der Waals surface area contributed by atoms with Crippen LogP contribution in [0.25, 0.3) is 0 Å². The third-order valence-electron chi connectivity index (χ3n) is 3.67. The van der Waals surface area contributed by atoms with Crippen LogP contribution in [0.3, 0.4) is 0 Å². The Labute approximate surface area is 94.9 Å². The van der Waals surface area contributed by atoms with E-state index in [0.29, 0.717) is 13.0 Å². The zero-order chi connectivity index (χ0) is 12.1. The monoisotopic (exact) mass is 248 g/mol. The van der Waals surface area contributed by atoms with Crippen molar-refractivity contribution in [2.75, 3.05) is 26.7 Å². The van der Waals surface area contributed by atoms with Crippen LogP contribution in [-0.4, -0.2) is 66.2 Å². The largest absolute Gasteiger partial charge is 0.390 e. The van der Waals surface area contributed by atoms with Crippen molar-refractivity contribution in [1.82, 2.24) is 9.21 Å². The molecular weight excluding hydrogens is 232 g/mol. The van der Waals surface area contributed by atoms with Crippen molar-refractivity contribution >= 4 is 15.9 Å². The molecule has 16 heavy (non-hydrogen) atoms. The summed E-state index contributed by atoms with van der Waals surface area (Å²) in [4.78, 5) is 12.7. The van der Waals surface area contributed by atoms with Gasteiger partial charge in [-0.15, -0.1) is 0 Å². The molecule has 1 spiro atoms. The molecule has 92 valence electrons. The van der Waals surface area contributed by atoms with Crippen LogP contribution in [0.2, 0.25) is 0 Å². The van der Waals surface area contributed by atoms with Gasteiger partial charge in [-0.1, -0.05) is 0 Å². The van der Waals surface area contributed by atoms with Gasteiger partial charge in [0.05, 0.1) is 6.10 Å². The van der Waals surface area contributed by atoms with Gasteiger partial charge in [0.2, 0.25) is 15.9 Å². The number of carbonyl (C=O) groups is 1. The first-order chi connectivity index (χ1) is 7.31. The average Bonchev–Trinajstić information content (AvgIpc) is 2.68. The topological polar surface area (TPSA) is 77.9 Å². The van der Waals surface area contributed by atoms with Gasteiger partial charge in [-0.25, -0.2) is 12.7 Å². The molecule has 2 atom stereocenters. The molecule has 6 nitrogen and oxygen atoms in total. The molecule has 0 aliphatic carbocycles. The summed E-state index contributed by atoms with van der Waals surface area (Å²) in [6, 6.07) is 0. The number of nitrogens with zero attached hydrogens (tertiary/aromatic N) is 2. The molecule has 0 unspecified atom stereocenters. The molecule has 2 heterocycles. The van der Waals surface area contributed by atoms with E-state index in [1.165, 1.54) is 23.2 Å². The van der Waals surface area contributed by atoms with E-state index in [4.69, 9.17) is 0 Å². The average molecular weight is 248 g/mol. The van der Waals surface area contributed by atoms with E-state index in [1.807, 2.05) is 0 Å². The molecule has 0 bridgehead atoms. The number of hydrogen-bond donors (Lipinski definition) is 1. The maximum absolute atomic E-state index is 12.1. The first kappa shape index (κ1) is 11.8. The van der Waals surface area contributed by atoms with E-state index in [1.54, 1.807) is 0 Å². The van der Waals surface area contributed by atoms with E-state index < -0.39 is 20.9 Å². The number of likely N-dealkylation sites (tertiary alicyclic amines) is 1. The van der Waals surface area contributed by atoms with Gasteiger partial charge in [-0.3, -0.25) is 4.79 Å². The second-order valence-electron chi connectivity index (χ2n) is 4.56. The van der Waals surface area contributed by atoms with Gasteiger partial charge in [0.1, 0.15) is 4.75 Å². The molecule has 1 amide bonds. The molecule has 0 aromatic heterocycles. The van der Waals surface area contributed by atoms with E-state index >= 15 is 0 Å². The summed E-state index contributed by atoms with van der Waals surface area (Å²) in [5, 5.41) is 9.93. The molecule has 2 saturated heterocycles. The van der Waals surface area contributed by atoms with Gasteiger partial charge in [0.15, 0.2) is 0 Å². The molecule has 2 aliphatic rings. The van der Waals surface area contributed by atoms with Crippen molar-refractivity contribution in [1.29, 1.82) is 0 Å². The van der Waals surface area contributed by atoms with Crippen molar-refractivity contribution in [2.45, 2.75) is 24.2 Å². The summed E-state index contributed by atoms with van der Waals surface area (Å²) in [5.41, 5.74) is 0. The number of likely N-dealkylation sites (N-methyl/N-ethyl adjacent to an activating group) is 1. The molecule has 2 aliphatic heterocycles. The van der Waals surface area contributed by atoms with Gasteiger partial charge in [-0.05, 0) is 6.42 Å². The van der Waals surface area contributed by atoms with Crippen LogP contribution in [0.1, 0.15) is 13.3 Å². The van der Waals surface area contributed by atoms with Crippen molar-refractivity contribution < 1.29 is 18.3 Å². The molecule has 0 radical (unpaired) electrons. The van der Waals surface area contributed by atoms with Crippen molar-refractivity contribution in [3.05, 3.63) is 0 Å². The maximum atomic E-state index is 12.1. The van der Waals surface area contributed by atoms with Crippen LogP contribution in [0.15, 0.2) is 0 Å². The molecular formula is C9H16N2O4S. The van der Waals surface area contributed by atoms with Gasteiger partial charge in [-0.2, -0.15) is 0 Å². The zero-order valence-electron chi connectivity index (χ0n) is 9.38. The highest BCUT2D eigenvalue weighted by atomic mass is 32.2. The summed E-state index contributed by atoms with van der Waals surface area (Å²) in [6.45, 7) is 2.04. The van der Waals surface area contributed by atoms with E-state index in [2.05, 4.69) is 0 Å². The lowest BCUT2D eigenvalue weighted by Crippen LogP contribution is -2.48. The van der Waals surface area contributed by atoms with Gasteiger partial charge in [0.25, 0.3) is 0 Å². The Morgan fingerprint density at radius 2 is 2.12 bits per heavy atom. The predicted octanol–water partition coefficient (Wildman–Crippen LogP) is -1.39. The minimum absolute atomic E-state index is 0.107. The number of aliphatic hydroxyl groups excluding tert-OH is 1. The van der Waals surface area contributed by atoms with Crippen LogP contribution in [-0.2, 0) is 14.8 Å². The zero-order valence-corrected chi connectivity index (χ0v) is 10.2. The van der Waals surface area contributed by atoms with Crippen molar-refractivity contribution in [2.24, 2.45) is 0 Å². The Bertz CT molecular complexity index is 421. The lowest BCUT2D eigenvalue weighted by atomic mass is 10.0. The van der Waals surface area contributed by atoms with Crippen molar-refractivity contribution in [3.63, 3.8) is 0 Å². The second kappa shape index (κ2) is 3.41. The van der Waals surface area contributed by atoms with Gasteiger partial charge in [0, 0.05) is 33.6 Å². The molecule has 7 heteroatoms. The number of sulfonamides is 1. The molecule has 0 aromatic carbocycles. The first-order valence-corrected chi connectivity index (χ1v) is 6.65. The smallest absolute Gasteiger partial charge is 0.224 e. The minimum Gasteiger partial charge on any atom is -0.390 e. The van der Waals surface area contributed by atoms with Crippen LogP contribution in [0.4, 0.5) is 0 Å². The third-order valence-corrected chi connectivity index (χ3v) is 6.27. The molecule has 2 fully saturated rings. The predicted molar refractivity (Wildman–Crippen MR) is 57.2 cm³/mol. The highest BCUT2D eigenvalue weighted by molar-refractivity contribution is 7.90. The van der Waals surface area contributed by atoms with Crippen LogP contribution >= 0.6 is 0 Å². The summed E-state index contributed by atoms with van der Waals surface area (Å²) in [5.74, 6) is -0.145. The number of aliphatic hydroxyl groups is 1. The fraction of sp³-hybridized carbons (Fsp3) is 0.889. The fourth-order valence-electron chi connectivity index (χ4n) is 2.55. The summed E-state index contributed by atoms with van der Waals surface area (Å²) >= 11 is 0. The molecule has 0 aromatic rings. The highest BCUT2D eigenvalue weighted by Gasteiger charge is 2.60. The number of hydrogen-bond acceptors (Lipinski definition) is 4. The van der Waals surface area contributed by atoms with Gasteiger partial charge < -0.3 is 10.0 Å². The summed E-state index contributed by atoms with van der Waals surface area (Å²) in [7, 11) is -2.03. The quantitative estimate of drug-likeness (QED) is 0.573. The van der Waals surface area contributed by atoms with E-state index in [9.17, 15) is 18.3 Å². The van der Waals surface area contributed by atoms with Crippen LogP contribution in [0.5, 0.6) is 0 Å². The van der Waals surface area contributed by atoms with Gasteiger partial charge >= 0.3 is 0 Å². The summed E-state index contributed by atoms with van der Waals surface area (Å²) < 4.78 is 24.3. The third kappa shape index (κ3) is 1.31. The number of carbonyl (C=O) groups excluding carboxylic acids is 1. The molecule has 1 N–H and O–H groups in total. The molecule has 0 saturated carbocycles. The Kier molecular flexibility index (Phi) is 2.52. The van der Waals surface area contributed by atoms with Crippen molar-refractivity contribution in [3.8, 4) is 0 Å². The van der Waals surface area contributed by atoms with E-state index in [0.717, 1.165) is 0 Å². The van der Waals surface area contributed by atoms with E-state index in [-0.39, 0.29) is 19.0 Å². The highest BCUT2D eigenvalue weighted by Crippen LogP contribution is 2.39. The normalized spacial score (nSPS) is 38.4. The number of rotatable bonds is 0. The lowest BCUT2D eigenvalue weighted by Gasteiger charge is -2.25.